The first-order valence-corrected chi connectivity index (χ1v) is 5.62. The quantitative estimate of drug-likeness (QED) is 0.612. The molecule has 0 spiro atoms. The highest BCUT2D eigenvalue weighted by Crippen LogP contribution is 2.19. The summed E-state index contributed by atoms with van der Waals surface area (Å²) in [4.78, 5) is 11.9. The molecule has 0 aliphatic rings. The van der Waals surface area contributed by atoms with Crippen molar-refractivity contribution in [2.45, 2.75) is 6.92 Å². The molecule has 0 heterocycles. The minimum atomic E-state index is -0.369. The number of hydrogen-bond donors (Lipinski definition) is 0. The third-order valence-corrected chi connectivity index (χ3v) is 2.62. The fraction of sp³-hybridized carbons (Fsp3) is 0.133. The van der Waals surface area contributed by atoms with Gasteiger partial charge in [-0.05, 0) is 42.8 Å². The summed E-state index contributed by atoms with van der Waals surface area (Å²) in [5, 5.41) is 0. The van der Waals surface area contributed by atoms with Gasteiger partial charge >= 0.3 is 5.97 Å². The number of ether oxygens (including phenoxy) is 2. The van der Waals surface area contributed by atoms with Crippen molar-refractivity contribution in [2.24, 2.45) is 0 Å². The third-order valence-electron chi connectivity index (χ3n) is 2.62. The molecule has 0 unspecified atom stereocenters. The molecule has 2 rings (SSSR count). The molecule has 3 heteroatoms. The maximum absolute atomic E-state index is 11.9. The highest BCUT2D eigenvalue weighted by Gasteiger charge is 2.09. The molecule has 0 aliphatic carbocycles. The Morgan fingerprint density at radius 1 is 1.00 bits per heavy atom. The molecule has 0 fully saturated rings. The van der Waals surface area contributed by atoms with E-state index in [0.717, 1.165) is 5.56 Å². The van der Waals surface area contributed by atoms with Crippen molar-refractivity contribution in [1.29, 1.82) is 0 Å². The number of carbonyl (C=O) groups is 1. The summed E-state index contributed by atoms with van der Waals surface area (Å²) in [5.41, 5.74) is 1.43. The lowest BCUT2D eigenvalue weighted by molar-refractivity contribution is 0.0733. The molecule has 18 heavy (non-hydrogen) atoms. The second-order valence-electron chi connectivity index (χ2n) is 3.88. The zero-order valence-corrected chi connectivity index (χ0v) is 10.3. The molecular formula is C15H14O3. The highest BCUT2D eigenvalue weighted by molar-refractivity contribution is 5.91. The molecular weight excluding hydrogens is 228 g/mol. The van der Waals surface area contributed by atoms with E-state index in [4.69, 9.17) is 9.47 Å². The zero-order chi connectivity index (χ0) is 13.0. The minimum absolute atomic E-state index is 0.369. The van der Waals surface area contributed by atoms with Crippen molar-refractivity contribution >= 4 is 5.97 Å². The van der Waals surface area contributed by atoms with Crippen molar-refractivity contribution in [1.82, 2.24) is 0 Å². The highest BCUT2D eigenvalue weighted by atomic mass is 16.5. The average molecular weight is 242 g/mol. The lowest BCUT2D eigenvalue weighted by atomic mass is 10.2. The molecule has 92 valence electrons. The SMILES string of the molecule is COc1ccc(C(=O)Oc2ccccc2C)cc1. The molecule has 0 amide bonds. The smallest absolute Gasteiger partial charge is 0.343 e. The van der Waals surface area contributed by atoms with Gasteiger partial charge in [0, 0.05) is 0 Å². The van der Waals surface area contributed by atoms with Gasteiger partial charge in [-0.2, -0.15) is 0 Å². The van der Waals surface area contributed by atoms with Crippen LogP contribution in [0.5, 0.6) is 11.5 Å². The van der Waals surface area contributed by atoms with Crippen molar-refractivity contribution in [3.05, 3.63) is 59.7 Å². The molecule has 0 aromatic heterocycles. The maximum Gasteiger partial charge on any atom is 0.343 e. The van der Waals surface area contributed by atoms with Crippen molar-refractivity contribution in [2.75, 3.05) is 7.11 Å². The number of rotatable bonds is 3. The molecule has 0 saturated heterocycles. The van der Waals surface area contributed by atoms with E-state index in [2.05, 4.69) is 0 Å². The molecule has 0 aliphatic heterocycles. The number of aryl methyl sites for hydroxylation is 1. The van der Waals surface area contributed by atoms with Crippen LogP contribution in [0.15, 0.2) is 48.5 Å². The summed E-state index contributed by atoms with van der Waals surface area (Å²) in [6.07, 6.45) is 0. The van der Waals surface area contributed by atoms with Crippen LogP contribution >= 0.6 is 0 Å². The Bertz CT molecular complexity index is 544. The van der Waals surface area contributed by atoms with Crippen LogP contribution in [-0.4, -0.2) is 13.1 Å². The molecule has 2 aromatic carbocycles. The van der Waals surface area contributed by atoms with E-state index in [-0.39, 0.29) is 5.97 Å². The monoisotopic (exact) mass is 242 g/mol. The van der Waals surface area contributed by atoms with Crippen LogP contribution in [0.25, 0.3) is 0 Å². The summed E-state index contributed by atoms with van der Waals surface area (Å²) in [7, 11) is 1.58. The summed E-state index contributed by atoms with van der Waals surface area (Å²) in [5.74, 6) is 0.924. The van der Waals surface area contributed by atoms with E-state index in [0.29, 0.717) is 17.1 Å². The molecule has 0 N–H and O–H groups in total. The average Bonchev–Trinajstić information content (AvgIpc) is 2.41. The van der Waals surface area contributed by atoms with E-state index in [1.807, 2.05) is 25.1 Å². The van der Waals surface area contributed by atoms with Crippen LogP contribution in [0, 0.1) is 6.92 Å². The van der Waals surface area contributed by atoms with Gasteiger partial charge in [-0.1, -0.05) is 18.2 Å². The van der Waals surface area contributed by atoms with Crippen LogP contribution in [0.2, 0.25) is 0 Å². The maximum atomic E-state index is 11.9. The topological polar surface area (TPSA) is 35.5 Å². The standard InChI is InChI=1S/C15H14O3/c1-11-5-3-4-6-14(11)18-15(16)12-7-9-13(17-2)10-8-12/h3-10H,1-2H3. The van der Waals surface area contributed by atoms with Crippen molar-refractivity contribution < 1.29 is 14.3 Å². The zero-order valence-electron chi connectivity index (χ0n) is 10.3. The Labute approximate surface area is 106 Å². The first kappa shape index (κ1) is 12.2. The van der Waals surface area contributed by atoms with Crippen molar-refractivity contribution in [3.8, 4) is 11.5 Å². The predicted octanol–water partition coefficient (Wildman–Crippen LogP) is 3.22. The van der Waals surface area contributed by atoms with Gasteiger partial charge in [0.2, 0.25) is 0 Å². The lowest BCUT2D eigenvalue weighted by Gasteiger charge is -2.07. The van der Waals surface area contributed by atoms with Gasteiger partial charge in [0.1, 0.15) is 11.5 Å². The number of para-hydroxylation sites is 1. The molecule has 2 aromatic rings. The van der Waals surface area contributed by atoms with Gasteiger partial charge < -0.3 is 9.47 Å². The normalized spacial score (nSPS) is 9.89. The summed E-state index contributed by atoms with van der Waals surface area (Å²) >= 11 is 0. The summed E-state index contributed by atoms with van der Waals surface area (Å²) in [6.45, 7) is 1.90. The number of esters is 1. The largest absolute Gasteiger partial charge is 0.497 e. The second kappa shape index (κ2) is 5.36. The number of benzene rings is 2. The van der Waals surface area contributed by atoms with Crippen LogP contribution < -0.4 is 9.47 Å². The summed E-state index contributed by atoms with van der Waals surface area (Å²) < 4.78 is 10.4. The number of carbonyl (C=O) groups excluding carboxylic acids is 1. The van der Waals surface area contributed by atoms with Crippen LogP contribution in [0.4, 0.5) is 0 Å². The first-order valence-electron chi connectivity index (χ1n) is 5.62. The minimum Gasteiger partial charge on any atom is -0.497 e. The van der Waals surface area contributed by atoms with E-state index >= 15 is 0 Å². The van der Waals surface area contributed by atoms with Gasteiger partial charge in [0.15, 0.2) is 0 Å². The molecule has 0 bridgehead atoms. The fourth-order valence-corrected chi connectivity index (χ4v) is 1.56. The molecule has 0 radical (unpaired) electrons. The predicted molar refractivity (Wildman–Crippen MR) is 69.1 cm³/mol. The second-order valence-corrected chi connectivity index (χ2v) is 3.88. The Balaban J connectivity index is 2.14. The fourth-order valence-electron chi connectivity index (χ4n) is 1.56. The van der Waals surface area contributed by atoms with Gasteiger partial charge in [0.25, 0.3) is 0 Å². The Morgan fingerprint density at radius 2 is 1.67 bits per heavy atom. The van der Waals surface area contributed by atoms with E-state index < -0.39 is 0 Å². The lowest BCUT2D eigenvalue weighted by Crippen LogP contribution is -2.09. The molecule has 0 atom stereocenters. The molecule has 0 saturated carbocycles. The van der Waals surface area contributed by atoms with Gasteiger partial charge in [0.05, 0.1) is 12.7 Å². The van der Waals surface area contributed by atoms with Gasteiger partial charge in [-0.25, -0.2) is 4.79 Å². The Morgan fingerprint density at radius 3 is 2.28 bits per heavy atom. The first-order chi connectivity index (χ1) is 8.70. The molecule has 3 nitrogen and oxygen atoms in total. The van der Waals surface area contributed by atoms with Gasteiger partial charge in [-0.3, -0.25) is 0 Å². The van der Waals surface area contributed by atoms with Crippen LogP contribution in [0.3, 0.4) is 0 Å². The number of methoxy groups -OCH3 is 1. The van der Waals surface area contributed by atoms with Crippen molar-refractivity contribution in [3.63, 3.8) is 0 Å². The summed E-state index contributed by atoms with van der Waals surface area (Å²) in [6, 6.07) is 14.2. The third kappa shape index (κ3) is 2.69. The van der Waals surface area contributed by atoms with Crippen LogP contribution in [-0.2, 0) is 0 Å². The Hall–Kier alpha value is -2.29. The Kier molecular flexibility index (Phi) is 3.63. The van der Waals surface area contributed by atoms with E-state index in [1.54, 1.807) is 37.4 Å². The van der Waals surface area contributed by atoms with E-state index in [9.17, 15) is 4.79 Å². The van der Waals surface area contributed by atoms with Crippen LogP contribution in [0.1, 0.15) is 15.9 Å². The number of hydrogen-bond acceptors (Lipinski definition) is 3. The van der Waals surface area contributed by atoms with Gasteiger partial charge in [-0.15, -0.1) is 0 Å². The van der Waals surface area contributed by atoms with E-state index in [1.165, 1.54) is 0 Å².